The average molecular weight is 444 g/mol. The molecule has 8 heteroatoms. The minimum Gasteiger partial charge on any atom is -0.497 e. The molecule has 2 aromatic heterocycles. The summed E-state index contributed by atoms with van der Waals surface area (Å²) in [4.78, 5) is 4.79. The fourth-order valence-corrected chi connectivity index (χ4v) is 3.45. The molecule has 2 N–H and O–H groups in total. The molecular formula is C25H29N7O. The number of nitrogens with one attached hydrogen (secondary N) is 2. The van der Waals surface area contributed by atoms with Crippen LogP contribution in [0.3, 0.4) is 0 Å². The lowest BCUT2D eigenvalue weighted by molar-refractivity contribution is 0.414. The molecule has 33 heavy (non-hydrogen) atoms. The summed E-state index contributed by atoms with van der Waals surface area (Å²) in [5.74, 6) is 1.58. The summed E-state index contributed by atoms with van der Waals surface area (Å²) in [5.41, 5.74) is 4.29. The maximum atomic E-state index is 5.22. The minimum absolute atomic E-state index is 0.573. The third-order valence-electron chi connectivity index (χ3n) is 5.18. The van der Waals surface area contributed by atoms with Crippen molar-refractivity contribution in [2.75, 3.05) is 13.7 Å². The Morgan fingerprint density at radius 1 is 0.970 bits per heavy atom. The van der Waals surface area contributed by atoms with Crippen molar-refractivity contribution in [2.45, 2.75) is 26.6 Å². The van der Waals surface area contributed by atoms with Crippen LogP contribution in [0.4, 0.5) is 0 Å². The number of benzene rings is 2. The Hall–Kier alpha value is -4.07. The van der Waals surface area contributed by atoms with E-state index in [1.54, 1.807) is 13.3 Å². The molecule has 8 nitrogen and oxygen atoms in total. The predicted molar refractivity (Wildman–Crippen MR) is 130 cm³/mol. The summed E-state index contributed by atoms with van der Waals surface area (Å²) in [6.07, 6.45) is 5.72. The van der Waals surface area contributed by atoms with Gasteiger partial charge in [-0.3, -0.25) is 4.68 Å². The van der Waals surface area contributed by atoms with Crippen LogP contribution in [0.15, 0.2) is 84.2 Å². The highest BCUT2D eigenvalue weighted by molar-refractivity contribution is 5.79. The van der Waals surface area contributed by atoms with Gasteiger partial charge in [-0.2, -0.15) is 10.2 Å². The van der Waals surface area contributed by atoms with Gasteiger partial charge in [-0.15, -0.1) is 0 Å². The lowest BCUT2D eigenvalue weighted by atomic mass is 10.1. The van der Waals surface area contributed by atoms with Gasteiger partial charge in [-0.05, 0) is 54.4 Å². The molecule has 0 radical (unpaired) electrons. The Morgan fingerprint density at radius 3 is 2.52 bits per heavy atom. The third kappa shape index (κ3) is 6.00. The van der Waals surface area contributed by atoms with Crippen LogP contribution in [0.1, 0.15) is 23.7 Å². The Balaban J connectivity index is 1.40. The van der Waals surface area contributed by atoms with Gasteiger partial charge in [-0.1, -0.05) is 24.3 Å². The summed E-state index contributed by atoms with van der Waals surface area (Å²) in [6, 6.07) is 20.1. The lowest BCUT2D eigenvalue weighted by Gasteiger charge is -2.12. The summed E-state index contributed by atoms with van der Waals surface area (Å²) in [7, 11) is 1.66. The number of rotatable bonds is 9. The molecule has 4 rings (SSSR count). The molecule has 2 aromatic carbocycles. The van der Waals surface area contributed by atoms with Crippen LogP contribution in [0, 0.1) is 0 Å². The van der Waals surface area contributed by atoms with Crippen LogP contribution >= 0.6 is 0 Å². The summed E-state index contributed by atoms with van der Waals surface area (Å²) in [6.45, 7) is 4.71. The summed E-state index contributed by atoms with van der Waals surface area (Å²) >= 11 is 0. The van der Waals surface area contributed by atoms with E-state index in [-0.39, 0.29) is 0 Å². The van der Waals surface area contributed by atoms with Crippen molar-refractivity contribution in [3.05, 3.63) is 96.1 Å². The van der Waals surface area contributed by atoms with Crippen molar-refractivity contribution in [3.63, 3.8) is 0 Å². The van der Waals surface area contributed by atoms with E-state index in [4.69, 9.17) is 9.73 Å². The van der Waals surface area contributed by atoms with Crippen molar-refractivity contribution in [2.24, 2.45) is 4.99 Å². The minimum atomic E-state index is 0.573. The van der Waals surface area contributed by atoms with Gasteiger partial charge in [0.05, 0.1) is 38.1 Å². The maximum Gasteiger partial charge on any atom is 0.191 e. The number of nitrogens with zero attached hydrogens (tertiary/aromatic N) is 5. The Kier molecular flexibility index (Phi) is 7.37. The van der Waals surface area contributed by atoms with Crippen molar-refractivity contribution in [1.29, 1.82) is 0 Å². The Labute approximate surface area is 193 Å². The van der Waals surface area contributed by atoms with Gasteiger partial charge >= 0.3 is 0 Å². The van der Waals surface area contributed by atoms with Crippen molar-refractivity contribution in [1.82, 2.24) is 30.2 Å². The number of hydrogen-bond acceptors (Lipinski definition) is 4. The fraction of sp³-hybridized carbons (Fsp3) is 0.240. The van der Waals surface area contributed by atoms with E-state index in [0.29, 0.717) is 13.1 Å². The largest absolute Gasteiger partial charge is 0.497 e. The van der Waals surface area contributed by atoms with Crippen molar-refractivity contribution in [3.8, 4) is 11.4 Å². The topological polar surface area (TPSA) is 81.3 Å². The van der Waals surface area contributed by atoms with Crippen molar-refractivity contribution >= 4 is 5.96 Å². The molecule has 0 saturated heterocycles. The quantitative estimate of drug-likeness (QED) is 0.306. The third-order valence-corrected chi connectivity index (χ3v) is 5.18. The molecule has 0 amide bonds. The monoisotopic (exact) mass is 443 g/mol. The molecule has 0 unspecified atom stereocenters. The highest BCUT2D eigenvalue weighted by Gasteiger charge is 2.06. The molecule has 0 bridgehead atoms. The molecule has 0 aliphatic heterocycles. The smallest absolute Gasteiger partial charge is 0.191 e. The first-order valence-corrected chi connectivity index (χ1v) is 11.0. The van der Waals surface area contributed by atoms with Gasteiger partial charge in [0.2, 0.25) is 0 Å². The maximum absolute atomic E-state index is 5.22. The second-order valence-electron chi connectivity index (χ2n) is 7.47. The van der Waals surface area contributed by atoms with E-state index in [0.717, 1.165) is 36.2 Å². The standard InChI is InChI=1S/C25H29N7O/c1-3-26-25(27-17-20-7-4-5-8-21(20)19-31-15-6-14-29-31)28-18-22-13-16-32(30-22)23-9-11-24(33-2)12-10-23/h4-16H,3,17-19H2,1-2H3,(H2,26,27,28). The molecule has 4 aromatic rings. The normalized spacial score (nSPS) is 11.4. The molecule has 0 fully saturated rings. The van der Waals surface area contributed by atoms with E-state index >= 15 is 0 Å². The summed E-state index contributed by atoms with van der Waals surface area (Å²) < 4.78 is 9.00. The van der Waals surface area contributed by atoms with Gasteiger partial charge in [0.25, 0.3) is 0 Å². The van der Waals surface area contributed by atoms with E-state index in [9.17, 15) is 0 Å². The second kappa shape index (κ2) is 11.0. The average Bonchev–Trinajstić information content (AvgIpc) is 3.54. The number of aliphatic imine (C=N–C) groups is 1. The fourth-order valence-electron chi connectivity index (χ4n) is 3.45. The van der Waals surface area contributed by atoms with Gasteiger partial charge < -0.3 is 15.4 Å². The second-order valence-corrected chi connectivity index (χ2v) is 7.47. The molecule has 0 saturated carbocycles. The molecule has 170 valence electrons. The highest BCUT2D eigenvalue weighted by Crippen LogP contribution is 2.15. The van der Waals surface area contributed by atoms with Crippen molar-refractivity contribution < 1.29 is 4.74 Å². The van der Waals surface area contributed by atoms with Crippen LogP contribution in [-0.2, 0) is 19.6 Å². The number of aromatic nitrogens is 4. The molecule has 0 spiro atoms. The Morgan fingerprint density at radius 2 is 1.79 bits per heavy atom. The van der Waals surface area contributed by atoms with Crippen LogP contribution in [-0.4, -0.2) is 39.2 Å². The van der Waals surface area contributed by atoms with E-state index in [1.165, 1.54) is 11.1 Å². The number of methoxy groups -OCH3 is 1. The van der Waals surface area contributed by atoms with Gasteiger partial charge in [-0.25, -0.2) is 9.67 Å². The zero-order chi connectivity index (χ0) is 22.9. The lowest BCUT2D eigenvalue weighted by Crippen LogP contribution is -2.37. The van der Waals surface area contributed by atoms with E-state index in [1.807, 2.05) is 64.2 Å². The van der Waals surface area contributed by atoms with Gasteiger partial charge in [0.15, 0.2) is 5.96 Å². The van der Waals surface area contributed by atoms with Crippen LogP contribution in [0.2, 0.25) is 0 Å². The first kappa shape index (κ1) is 22.1. The molecule has 0 aliphatic rings. The molecule has 0 atom stereocenters. The number of guanidine groups is 1. The molecule has 0 aliphatic carbocycles. The van der Waals surface area contributed by atoms with Gasteiger partial charge in [0, 0.05) is 25.1 Å². The van der Waals surface area contributed by atoms with E-state index in [2.05, 4.69) is 46.0 Å². The van der Waals surface area contributed by atoms with Crippen LogP contribution < -0.4 is 15.4 Å². The zero-order valence-electron chi connectivity index (χ0n) is 19.0. The first-order valence-electron chi connectivity index (χ1n) is 11.0. The molecular weight excluding hydrogens is 414 g/mol. The zero-order valence-corrected chi connectivity index (χ0v) is 19.0. The van der Waals surface area contributed by atoms with Crippen LogP contribution in [0.25, 0.3) is 5.69 Å². The first-order chi connectivity index (χ1) is 16.2. The van der Waals surface area contributed by atoms with Gasteiger partial charge in [0.1, 0.15) is 5.75 Å². The molecule has 2 heterocycles. The van der Waals surface area contributed by atoms with E-state index < -0.39 is 0 Å². The SMILES string of the molecule is CCNC(=NCc1ccccc1Cn1cccn1)NCc1ccn(-c2ccc(OC)cc2)n1. The predicted octanol–water partition coefficient (Wildman–Crippen LogP) is 3.38. The van der Waals surface area contributed by atoms with Crippen LogP contribution in [0.5, 0.6) is 5.75 Å². The Bertz CT molecular complexity index is 1160. The highest BCUT2D eigenvalue weighted by atomic mass is 16.5. The number of ether oxygens (including phenoxy) is 1. The number of hydrogen-bond donors (Lipinski definition) is 2. The summed E-state index contributed by atoms with van der Waals surface area (Å²) in [5, 5.41) is 15.7.